The van der Waals surface area contributed by atoms with Crippen LogP contribution in [-0.2, 0) is 11.3 Å². The highest BCUT2D eigenvalue weighted by molar-refractivity contribution is 7.99. The molecule has 2 aromatic rings. The third-order valence-electron chi connectivity index (χ3n) is 3.94. The SMILES string of the molecule is CN1Cc2c(C3OCCS3)ncn2-c2cccc(F)c2C1=O. The van der Waals surface area contributed by atoms with Crippen molar-refractivity contribution in [2.24, 2.45) is 0 Å². The third-order valence-corrected chi connectivity index (χ3v) is 5.01. The number of rotatable bonds is 1. The molecule has 4 rings (SSSR count). The quantitative estimate of drug-likeness (QED) is 0.809. The maximum Gasteiger partial charge on any atom is 0.259 e. The lowest BCUT2D eigenvalue weighted by Crippen LogP contribution is -2.26. The molecule has 0 saturated carbocycles. The molecule has 0 N–H and O–H groups in total. The number of amides is 1. The molecule has 1 aromatic carbocycles. The van der Waals surface area contributed by atoms with Gasteiger partial charge in [0, 0.05) is 12.8 Å². The Kier molecular flexibility index (Phi) is 3.19. The van der Waals surface area contributed by atoms with Gasteiger partial charge in [0.2, 0.25) is 0 Å². The normalized spacial score (nSPS) is 20.7. The Hall–Kier alpha value is -1.86. The lowest BCUT2D eigenvalue weighted by Gasteiger charge is -2.16. The summed E-state index contributed by atoms with van der Waals surface area (Å²) in [7, 11) is 1.67. The molecule has 1 atom stereocenters. The molecular formula is C15H14FN3O2S. The summed E-state index contributed by atoms with van der Waals surface area (Å²) in [5, 5.41) is 0. The minimum atomic E-state index is -0.510. The maximum absolute atomic E-state index is 14.2. The van der Waals surface area contributed by atoms with Gasteiger partial charge in [-0.05, 0) is 12.1 Å². The van der Waals surface area contributed by atoms with E-state index < -0.39 is 5.82 Å². The number of imidazole rings is 1. The highest BCUT2D eigenvalue weighted by Gasteiger charge is 2.32. The predicted molar refractivity (Wildman–Crippen MR) is 80.5 cm³/mol. The molecule has 1 amide bonds. The van der Waals surface area contributed by atoms with Crippen LogP contribution in [0.5, 0.6) is 0 Å². The number of carbonyl (C=O) groups is 1. The van der Waals surface area contributed by atoms with Crippen LogP contribution in [0.3, 0.4) is 0 Å². The number of carbonyl (C=O) groups excluding carboxylic acids is 1. The van der Waals surface area contributed by atoms with E-state index in [0.717, 1.165) is 17.1 Å². The van der Waals surface area contributed by atoms with Crippen molar-refractivity contribution < 1.29 is 13.9 Å². The summed E-state index contributed by atoms with van der Waals surface area (Å²) in [5.41, 5.74) is 2.20. The molecule has 1 saturated heterocycles. The van der Waals surface area contributed by atoms with Crippen LogP contribution in [0.2, 0.25) is 0 Å². The smallest absolute Gasteiger partial charge is 0.259 e. The van der Waals surface area contributed by atoms with E-state index in [2.05, 4.69) is 4.98 Å². The first-order valence-electron chi connectivity index (χ1n) is 7.00. The van der Waals surface area contributed by atoms with Crippen molar-refractivity contribution in [3.05, 3.63) is 47.3 Å². The topological polar surface area (TPSA) is 47.4 Å². The largest absolute Gasteiger partial charge is 0.360 e. The summed E-state index contributed by atoms with van der Waals surface area (Å²) < 4.78 is 21.7. The van der Waals surface area contributed by atoms with Gasteiger partial charge in [0.25, 0.3) is 5.91 Å². The van der Waals surface area contributed by atoms with Crippen molar-refractivity contribution in [1.29, 1.82) is 0 Å². The zero-order chi connectivity index (χ0) is 15.3. The van der Waals surface area contributed by atoms with Crippen LogP contribution in [0.15, 0.2) is 24.5 Å². The number of hydrogen-bond acceptors (Lipinski definition) is 4. The second-order valence-corrected chi connectivity index (χ2v) is 6.48. The molecule has 0 aliphatic carbocycles. The van der Waals surface area contributed by atoms with Gasteiger partial charge in [-0.2, -0.15) is 0 Å². The molecule has 1 unspecified atom stereocenters. The van der Waals surface area contributed by atoms with Gasteiger partial charge in [0.15, 0.2) is 0 Å². The van der Waals surface area contributed by atoms with Crippen molar-refractivity contribution in [1.82, 2.24) is 14.5 Å². The van der Waals surface area contributed by atoms with Crippen LogP contribution in [0.4, 0.5) is 4.39 Å². The van der Waals surface area contributed by atoms with Crippen LogP contribution in [0, 0.1) is 5.82 Å². The number of benzene rings is 1. The number of hydrogen-bond donors (Lipinski definition) is 0. The van der Waals surface area contributed by atoms with Gasteiger partial charge < -0.3 is 14.2 Å². The maximum atomic E-state index is 14.2. The van der Waals surface area contributed by atoms with Gasteiger partial charge in [-0.15, -0.1) is 11.8 Å². The van der Waals surface area contributed by atoms with Crippen LogP contribution in [0.25, 0.3) is 5.69 Å². The van der Waals surface area contributed by atoms with E-state index in [1.807, 2.05) is 0 Å². The average Bonchev–Trinajstić information content (AvgIpc) is 3.13. The summed E-state index contributed by atoms with van der Waals surface area (Å²) in [6.45, 7) is 1.07. The number of halogens is 1. The van der Waals surface area contributed by atoms with E-state index in [4.69, 9.17) is 4.74 Å². The van der Waals surface area contributed by atoms with Crippen molar-refractivity contribution >= 4 is 17.7 Å². The fourth-order valence-electron chi connectivity index (χ4n) is 2.88. The zero-order valence-corrected chi connectivity index (χ0v) is 12.8. The summed E-state index contributed by atoms with van der Waals surface area (Å²) >= 11 is 1.69. The summed E-state index contributed by atoms with van der Waals surface area (Å²) in [6.07, 6.45) is 1.65. The molecule has 5 nitrogen and oxygen atoms in total. The Bertz CT molecular complexity index is 755. The van der Waals surface area contributed by atoms with E-state index in [1.165, 1.54) is 11.0 Å². The molecule has 7 heteroatoms. The standard InChI is InChI=1S/C15H14FN3O2S/c1-18-7-11-13(15-21-5-6-22-15)17-8-19(11)10-4-2-3-9(16)12(10)14(18)20/h2-4,8,15H,5-7H2,1H3. The highest BCUT2D eigenvalue weighted by Crippen LogP contribution is 2.38. The molecule has 1 aromatic heterocycles. The molecule has 2 aliphatic heterocycles. The van der Waals surface area contributed by atoms with Gasteiger partial charge in [0.1, 0.15) is 16.9 Å². The molecule has 2 aliphatic rings. The lowest BCUT2D eigenvalue weighted by molar-refractivity contribution is 0.0781. The van der Waals surface area contributed by atoms with Gasteiger partial charge in [-0.25, -0.2) is 9.37 Å². The Morgan fingerprint density at radius 3 is 3.09 bits per heavy atom. The molecule has 0 spiro atoms. The highest BCUT2D eigenvalue weighted by atomic mass is 32.2. The van der Waals surface area contributed by atoms with Gasteiger partial charge in [-0.3, -0.25) is 4.79 Å². The zero-order valence-electron chi connectivity index (χ0n) is 12.0. The van der Waals surface area contributed by atoms with E-state index in [9.17, 15) is 9.18 Å². The van der Waals surface area contributed by atoms with Crippen molar-refractivity contribution in [2.45, 2.75) is 12.0 Å². The Balaban J connectivity index is 1.92. The number of nitrogens with zero attached hydrogens (tertiary/aromatic N) is 3. The van der Waals surface area contributed by atoms with Gasteiger partial charge >= 0.3 is 0 Å². The molecule has 0 radical (unpaired) electrons. The number of ether oxygens (including phenoxy) is 1. The summed E-state index contributed by atoms with van der Waals surface area (Å²) in [4.78, 5) is 18.5. The van der Waals surface area contributed by atoms with Crippen LogP contribution >= 0.6 is 11.8 Å². The van der Waals surface area contributed by atoms with Crippen molar-refractivity contribution in [3.63, 3.8) is 0 Å². The number of fused-ring (bicyclic) bond motifs is 3. The Labute approximate surface area is 131 Å². The van der Waals surface area contributed by atoms with E-state index in [1.54, 1.807) is 41.8 Å². The summed E-state index contributed by atoms with van der Waals surface area (Å²) in [5.74, 6) is 0.100. The predicted octanol–water partition coefficient (Wildman–Crippen LogP) is 2.36. The molecule has 114 valence electrons. The van der Waals surface area contributed by atoms with Crippen molar-refractivity contribution in [3.8, 4) is 5.69 Å². The van der Waals surface area contributed by atoms with E-state index in [0.29, 0.717) is 18.8 Å². The minimum Gasteiger partial charge on any atom is -0.360 e. The third kappa shape index (κ3) is 1.96. The Morgan fingerprint density at radius 2 is 2.32 bits per heavy atom. The number of aromatic nitrogens is 2. The molecule has 3 heterocycles. The second-order valence-electron chi connectivity index (χ2n) is 5.32. The average molecular weight is 319 g/mol. The van der Waals surface area contributed by atoms with Crippen molar-refractivity contribution in [2.75, 3.05) is 19.4 Å². The fraction of sp³-hybridized carbons (Fsp3) is 0.333. The van der Waals surface area contributed by atoms with Gasteiger partial charge in [-0.1, -0.05) is 6.07 Å². The monoisotopic (exact) mass is 319 g/mol. The molecule has 0 bridgehead atoms. The molecule has 22 heavy (non-hydrogen) atoms. The van der Waals surface area contributed by atoms with E-state index >= 15 is 0 Å². The van der Waals surface area contributed by atoms with Gasteiger partial charge in [0.05, 0.1) is 36.4 Å². The fourth-order valence-corrected chi connectivity index (χ4v) is 3.83. The molecular weight excluding hydrogens is 305 g/mol. The molecule has 1 fully saturated rings. The lowest BCUT2D eigenvalue weighted by atomic mass is 10.1. The minimum absolute atomic E-state index is 0.0905. The first-order chi connectivity index (χ1) is 10.7. The first-order valence-corrected chi connectivity index (χ1v) is 8.05. The number of thioether (sulfide) groups is 1. The Morgan fingerprint density at radius 1 is 1.45 bits per heavy atom. The van der Waals surface area contributed by atoms with E-state index in [-0.39, 0.29) is 16.9 Å². The van der Waals surface area contributed by atoms with Crippen LogP contribution in [0.1, 0.15) is 27.2 Å². The van der Waals surface area contributed by atoms with Crippen LogP contribution in [-0.4, -0.2) is 39.8 Å². The second kappa shape index (κ2) is 5.10. The summed E-state index contributed by atoms with van der Waals surface area (Å²) in [6, 6.07) is 4.66. The van der Waals surface area contributed by atoms with Crippen LogP contribution < -0.4 is 0 Å². The first kappa shape index (κ1) is 13.8.